The molecule has 1 amide bonds. The van der Waals surface area contributed by atoms with Crippen molar-refractivity contribution in [2.24, 2.45) is 0 Å². The Kier molecular flexibility index (Phi) is 5.36. The number of carbonyl (C=O) groups is 2. The number of aromatic nitrogens is 1. The van der Waals surface area contributed by atoms with Crippen LogP contribution >= 0.6 is 0 Å². The van der Waals surface area contributed by atoms with Crippen LogP contribution in [0.3, 0.4) is 0 Å². The van der Waals surface area contributed by atoms with Crippen molar-refractivity contribution < 1.29 is 19.1 Å². The number of esters is 1. The number of benzene rings is 1. The number of hydrogen-bond acceptors (Lipinski definition) is 5. The van der Waals surface area contributed by atoms with Gasteiger partial charge >= 0.3 is 5.97 Å². The normalized spacial score (nSPS) is 10.1. The summed E-state index contributed by atoms with van der Waals surface area (Å²) in [6.45, 7) is 1.80. The van der Waals surface area contributed by atoms with E-state index in [1.54, 1.807) is 38.3 Å². The van der Waals surface area contributed by atoms with E-state index in [4.69, 9.17) is 4.74 Å². The van der Waals surface area contributed by atoms with Gasteiger partial charge in [-0.3, -0.25) is 9.59 Å². The maximum Gasteiger partial charge on any atom is 0.339 e. The second-order valence-corrected chi connectivity index (χ2v) is 5.07. The number of pyridine rings is 1. The molecule has 0 unspecified atom stereocenters. The fraction of sp³-hybridized carbons (Fsp3) is 0.235. The Morgan fingerprint density at radius 2 is 1.79 bits per heavy atom. The molecule has 0 aliphatic carbocycles. The quantitative estimate of drug-likeness (QED) is 0.808. The molecule has 24 heavy (non-hydrogen) atoms. The van der Waals surface area contributed by atoms with Crippen LogP contribution in [-0.4, -0.2) is 31.1 Å². The van der Waals surface area contributed by atoms with Crippen LogP contribution in [0.5, 0.6) is 5.75 Å². The van der Waals surface area contributed by atoms with Gasteiger partial charge in [0.2, 0.25) is 0 Å². The third kappa shape index (κ3) is 3.81. The van der Waals surface area contributed by atoms with Crippen molar-refractivity contribution in [1.29, 1.82) is 0 Å². The topological polar surface area (TPSA) is 97.5 Å². The maximum atomic E-state index is 12.2. The lowest BCUT2D eigenvalue weighted by Gasteiger charge is -2.08. The van der Waals surface area contributed by atoms with Gasteiger partial charge in [0.05, 0.1) is 19.8 Å². The minimum absolute atomic E-state index is 0.144. The molecule has 7 nitrogen and oxygen atoms in total. The number of hydrogen-bond donors (Lipinski definition) is 2. The highest BCUT2D eigenvalue weighted by Crippen LogP contribution is 2.11. The summed E-state index contributed by atoms with van der Waals surface area (Å²) in [5.74, 6) is -0.479. The zero-order valence-corrected chi connectivity index (χ0v) is 13.6. The molecule has 0 radical (unpaired) electrons. The number of aryl methyl sites for hydroxylation is 1. The first-order valence-electron chi connectivity index (χ1n) is 7.19. The van der Waals surface area contributed by atoms with Crippen LogP contribution in [0.2, 0.25) is 0 Å². The highest BCUT2D eigenvalue weighted by atomic mass is 16.5. The maximum absolute atomic E-state index is 12.2. The molecule has 0 atom stereocenters. The summed E-state index contributed by atoms with van der Waals surface area (Å²) >= 11 is 0. The Morgan fingerprint density at radius 1 is 1.12 bits per heavy atom. The number of rotatable bonds is 5. The van der Waals surface area contributed by atoms with Crippen molar-refractivity contribution in [2.45, 2.75) is 13.5 Å². The summed E-state index contributed by atoms with van der Waals surface area (Å²) in [7, 11) is 2.80. The van der Waals surface area contributed by atoms with Crippen LogP contribution < -0.4 is 15.6 Å². The zero-order valence-electron chi connectivity index (χ0n) is 13.6. The highest BCUT2D eigenvalue weighted by molar-refractivity contribution is 5.97. The van der Waals surface area contributed by atoms with Crippen molar-refractivity contribution in [3.8, 4) is 5.75 Å². The zero-order chi connectivity index (χ0) is 17.7. The molecule has 0 saturated heterocycles. The van der Waals surface area contributed by atoms with E-state index in [1.807, 2.05) is 0 Å². The SMILES string of the molecule is COC(=O)c1cc(C(=O)NCc2ccc(OC)cc2)c(=O)[nH]c1C. The smallest absolute Gasteiger partial charge is 0.339 e. The predicted molar refractivity (Wildman–Crippen MR) is 87.3 cm³/mol. The number of carbonyl (C=O) groups excluding carboxylic acids is 2. The summed E-state index contributed by atoms with van der Waals surface area (Å²) in [5.41, 5.74) is 0.632. The third-order valence-electron chi connectivity index (χ3n) is 3.50. The molecular weight excluding hydrogens is 312 g/mol. The molecule has 0 spiro atoms. The Labute approximate surface area is 138 Å². The molecule has 0 saturated carbocycles. The van der Waals surface area contributed by atoms with E-state index in [1.165, 1.54) is 13.2 Å². The number of nitrogens with one attached hydrogen (secondary N) is 2. The summed E-state index contributed by atoms with van der Waals surface area (Å²) in [4.78, 5) is 38.3. The molecule has 1 aromatic heterocycles. The van der Waals surface area contributed by atoms with E-state index in [0.717, 1.165) is 5.56 Å². The molecule has 0 fully saturated rings. The van der Waals surface area contributed by atoms with Crippen LogP contribution in [0.15, 0.2) is 35.1 Å². The van der Waals surface area contributed by atoms with Crippen molar-refractivity contribution in [2.75, 3.05) is 14.2 Å². The van der Waals surface area contributed by atoms with Gasteiger partial charge in [0.25, 0.3) is 11.5 Å². The Hall–Kier alpha value is -3.09. The number of methoxy groups -OCH3 is 2. The van der Waals surface area contributed by atoms with E-state index in [2.05, 4.69) is 15.0 Å². The number of aromatic amines is 1. The van der Waals surface area contributed by atoms with Crippen molar-refractivity contribution in [3.63, 3.8) is 0 Å². The van der Waals surface area contributed by atoms with E-state index in [-0.39, 0.29) is 17.7 Å². The summed E-state index contributed by atoms with van der Waals surface area (Å²) < 4.78 is 9.70. The first kappa shape index (κ1) is 17.3. The van der Waals surface area contributed by atoms with Gasteiger partial charge in [0, 0.05) is 12.2 Å². The molecule has 0 aliphatic heterocycles. The van der Waals surface area contributed by atoms with Gasteiger partial charge in [-0.1, -0.05) is 12.1 Å². The fourth-order valence-electron chi connectivity index (χ4n) is 2.13. The number of amides is 1. The molecule has 1 aromatic carbocycles. The van der Waals surface area contributed by atoms with Crippen LogP contribution in [0.4, 0.5) is 0 Å². The van der Waals surface area contributed by atoms with Gasteiger partial charge in [0.1, 0.15) is 11.3 Å². The van der Waals surface area contributed by atoms with Gasteiger partial charge in [-0.15, -0.1) is 0 Å². The average molecular weight is 330 g/mol. The van der Waals surface area contributed by atoms with Gasteiger partial charge in [-0.05, 0) is 30.7 Å². The van der Waals surface area contributed by atoms with Crippen LogP contribution in [0.25, 0.3) is 0 Å². The van der Waals surface area contributed by atoms with Crippen LogP contribution in [-0.2, 0) is 11.3 Å². The average Bonchev–Trinajstić information content (AvgIpc) is 2.59. The molecule has 126 valence electrons. The van der Waals surface area contributed by atoms with E-state index in [9.17, 15) is 14.4 Å². The van der Waals surface area contributed by atoms with Gasteiger partial charge in [0.15, 0.2) is 0 Å². The Balaban J connectivity index is 2.16. The van der Waals surface area contributed by atoms with Crippen molar-refractivity contribution in [3.05, 3.63) is 63.1 Å². The van der Waals surface area contributed by atoms with Crippen LogP contribution in [0, 0.1) is 6.92 Å². The lowest BCUT2D eigenvalue weighted by molar-refractivity contribution is 0.0599. The standard InChI is InChI=1S/C17H18N2O5/c1-10-13(17(22)24-3)8-14(16(21)19-10)15(20)18-9-11-4-6-12(23-2)7-5-11/h4-8H,9H2,1-3H3,(H,18,20)(H,19,21). The minimum Gasteiger partial charge on any atom is -0.497 e. The third-order valence-corrected chi connectivity index (χ3v) is 3.50. The van der Waals surface area contributed by atoms with E-state index < -0.39 is 17.4 Å². The lowest BCUT2D eigenvalue weighted by Crippen LogP contribution is -2.30. The molecule has 2 aromatic rings. The molecule has 2 rings (SSSR count). The van der Waals surface area contributed by atoms with E-state index in [0.29, 0.717) is 11.4 Å². The molecule has 0 aliphatic rings. The first-order chi connectivity index (χ1) is 11.5. The fourth-order valence-corrected chi connectivity index (χ4v) is 2.13. The van der Waals surface area contributed by atoms with Gasteiger partial charge in [-0.25, -0.2) is 4.79 Å². The lowest BCUT2D eigenvalue weighted by atomic mass is 10.1. The number of H-pyrrole nitrogens is 1. The highest BCUT2D eigenvalue weighted by Gasteiger charge is 2.17. The summed E-state index contributed by atoms with van der Waals surface area (Å²) in [6, 6.07) is 8.39. The predicted octanol–water partition coefficient (Wildman–Crippen LogP) is 1.41. The van der Waals surface area contributed by atoms with E-state index >= 15 is 0 Å². The first-order valence-corrected chi connectivity index (χ1v) is 7.19. The van der Waals surface area contributed by atoms with Crippen molar-refractivity contribution >= 4 is 11.9 Å². The second kappa shape index (κ2) is 7.45. The monoisotopic (exact) mass is 330 g/mol. The molecule has 0 bridgehead atoms. The Morgan fingerprint density at radius 3 is 2.38 bits per heavy atom. The van der Waals surface area contributed by atoms with Crippen LogP contribution in [0.1, 0.15) is 32.0 Å². The second-order valence-electron chi connectivity index (χ2n) is 5.07. The molecular formula is C17H18N2O5. The van der Waals surface area contributed by atoms with Gasteiger partial charge < -0.3 is 19.8 Å². The summed E-state index contributed by atoms with van der Waals surface area (Å²) in [5, 5.41) is 2.65. The molecule has 1 heterocycles. The molecule has 2 N–H and O–H groups in total. The molecule has 7 heteroatoms. The van der Waals surface area contributed by atoms with Gasteiger partial charge in [-0.2, -0.15) is 0 Å². The largest absolute Gasteiger partial charge is 0.497 e. The Bertz CT molecular complexity index is 809. The number of ether oxygens (including phenoxy) is 2. The minimum atomic E-state index is -0.618. The summed E-state index contributed by atoms with van der Waals surface area (Å²) in [6.07, 6.45) is 0. The van der Waals surface area contributed by atoms with Crippen molar-refractivity contribution in [1.82, 2.24) is 10.3 Å².